The third kappa shape index (κ3) is 4.80. The number of hydrogen-bond acceptors (Lipinski definition) is 4. The van der Waals surface area contributed by atoms with Crippen molar-refractivity contribution in [2.75, 3.05) is 6.54 Å². The number of nitrogens with one attached hydrogen (secondary N) is 1. The molecule has 0 aliphatic heterocycles. The third-order valence-corrected chi connectivity index (χ3v) is 4.13. The predicted octanol–water partition coefficient (Wildman–Crippen LogP) is 2.34. The van der Waals surface area contributed by atoms with E-state index in [9.17, 15) is 20.0 Å². The molecule has 6 nitrogen and oxygen atoms in total. The summed E-state index contributed by atoms with van der Waals surface area (Å²) in [5.41, 5.74) is -0.235. The summed E-state index contributed by atoms with van der Waals surface area (Å²) in [7, 11) is 0. The van der Waals surface area contributed by atoms with Crippen molar-refractivity contribution in [2.24, 2.45) is 0 Å². The number of nitro groups is 1. The van der Waals surface area contributed by atoms with Crippen molar-refractivity contribution in [3.63, 3.8) is 0 Å². The Kier molecular flexibility index (Phi) is 5.49. The first-order chi connectivity index (χ1) is 10.5. The van der Waals surface area contributed by atoms with E-state index in [0.29, 0.717) is 18.4 Å². The fourth-order valence-corrected chi connectivity index (χ4v) is 2.85. The summed E-state index contributed by atoms with van der Waals surface area (Å²) in [5, 5.41) is 24.0. The van der Waals surface area contributed by atoms with Crippen molar-refractivity contribution in [1.82, 2.24) is 5.32 Å². The molecule has 0 bridgehead atoms. The fourth-order valence-electron chi connectivity index (χ4n) is 2.85. The number of hydrogen-bond donors (Lipinski definition) is 2. The SMILES string of the molecule is O=C(Cc1cccc([N+](=O)[O-])c1)NCC1(O)CCCCCC1. The van der Waals surface area contributed by atoms with E-state index in [1.807, 2.05) is 0 Å². The Labute approximate surface area is 129 Å². The Morgan fingerprint density at radius 3 is 2.59 bits per heavy atom. The maximum absolute atomic E-state index is 12.0. The molecular weight excluding hydrogens is 284 g/mol. The van der Waals surface area contributed by atoms with E-state index in [1.165, 1.54) is 12.1 Å². The van der Waals surface area contributed by atoms with Gasteiger partial charge in [-0.1, -0.05) is 37.8 Å². The predicted molar refractivity (Wildman–Crippen MR) is 82.5 cm³/mol. The molecule has 1 fully saturated rings. The maximum Gasteiger partial charge on any atom is 0.269 e. The average Bonchev–Trinajstić information content (AvgIpc) is 2.71. The van der Waals surface area contributed by atoms with E-state index in [0.717, 1.165) is 25.7 Å². The molecule has 1 aromatic carbocycles. The van der Waals surface area contributed by atoms with Gasteiger partial charge in [0.2, 0.25) is 5.91 Å². The summed E-state index contributed by atoms with van der Waals surface area (Å²) in [6.45, 7) is 0.251. The minimum atomic E-state index is -0.811. The van der Waals surface area contributed by atoms with Gasteiger partial charge in [-0.2, -0.15) is 0 Å². The summed E-state index contributed by atoms with van der Waals surface area (Å²) in [6, 6.07) is 6.06. The highest BCUT2D eigenvalue weighted by Gasteiger charge is 2.28. The highest BCUT2D eigenvalue weighted by Crippen LogP contribution is 2.26. The molecule has 0 spiro atoms. The Morgan fingerprint density at radius 1 is 1.27 bits per heavy atom. The van der Waals surface area contributed by atoms with Crippen LogP contribution in [0.15, 0.2) is 24.3 Å². The number of amides is 1. The van der Waals surface area contributed by atoms with Gasteiger partial charge in [-0.25, -0.2) is 0 Å². The molecule has 22 heavy (non-hydrogen) atoms. The second-order valence-electron chi connectivity index (χ2n) is 6.02. The summed E-state index contributed by atoms with van der Waals surface area (Å²) in [6.07, 6.45) is 5.73. The van der Waals surface area contributed by atoms with Crippen LogP contribution in [0.2, 0.25) is 0 Å². The Bertz CT molecular complexity index is 537. The first-order valence-corrected chi connectivity index (χ1v) is 7.71. The molecule has 120 valence electrons. The molecule has 0 aromatic heterocycles. The number of carbonyl (C=O) groups excluding carboxylic acids is 1. The second kappa shape index (κ2) is 7.35. The normalized spacial score (nSPS) is 17.5. The van der Waals surface area contributed by atoms with Crippen molar-refractivity contribution < 1.29 is 14.8 Å². The fraction of sp³-hybridized carbons (Fsp3) is 0.562. The van der Waals surface area contributed by atoms with E-state index in [2.05, 4.69) is 5.32 Å². The van der Waals surface area contributed by atoms with Crippen LogP contribution < -0.4 is 5.32 Å². The van der Waals surface area contributed by atoms with Crippen LogP contribution in [0.3, 0.4) is 0 Å². The summed E-state index contributed by atoms with van der Waals surface area (Å²) >= 11 is 0. The molecule has 0 heterocycles. The van der Waals surface area contributed by atoms with Crippen molar-refractivity contribution >= 4 is 11.6 Å². The lowest BCUT2D eigenvalue weighted by Gasteiger charge is -2.26. The van der Waals surface area contributed by atoms with Crippen molar-refractivity contribution in [3.8, 4) is 0 Å². The molecule has 0 atom stereocenters. The number of non-ortho nitro benzene ring substituents is 1. The van der Waals surface area contributed by atoms with Gasteiger partial charge in [0.15, 0.2) is 0 Å². The summed E-state index contributed by atoms with van der Waals surface area (Å²) < 4.78 is 0. The monoisotopic (exact) mass is 306 g/mol. The minimum Gasteiger partial charge on any atom is -0.388 e. The largest absolute Gasteiger partial charge is 0.388 e. The topological polar surface area (TPSA) is 92.5 Å². The number of nitro benzene ring substituents is 1. The average molecular weight is 306 g/mol. The smallest absolute Gasteiger partial charge is 0.269 e. The molecule has 6 heteroatoms. The molecule has 1 aliphatic rings. The molecule has 2 N–H and O–H groups in total. The number of aliphatic hydroxyl groups is 1. The van der Waals surface area contributed by atoms with Crippen molar-refractivity contribution in [3.05, 3.63) is 39.9 Å². The quantitative estimate of drug-likeness (QED) is 0.496. The molecule has 1 amide bonds. The van der Waals surface area contributed by atoms with Gasteiger partial charge >= 0.3 is 0 Å². The molecular formula is C16H22N2O4. The maximum atomic E-state index is 12.0. The van der Waals surface area contributed by atoms with E-state index in [4.69, 9.17) is 0 Å². The van der Waals surface area contributed by atoms with E-state index in [-0.39, 0.29) is 24.6 Å². The van der Waals surface area contributed by atoms with Gasteiger partial charge in [-0.15, -0.1) is 0 Å². The van der Waals surface area contributed by atoms with E-state index < -0.39 is 10.5 Å². The molecule has 0 saturated heterocycles. The van der Waals surface area contributed by atoms with Crippen LogP contribution >= 0.6 is 0 Å². The highest BCUT2D eigenvalue weighted by molar-refractivity contribution is 5.78. The highest BCUT2D eigenvalue weighted by atomic mass is 16.6. The van der Waals surface area contributed by atoms with Crippen LogP contribution in [-0.2, 0) is 11.2 Å². The second-order valence-corrected chi connectivity index (χ2v) is 6.02. The standard InChI is InChI=1S/C16H22N2O4/c19-15(11-13-6-5-7-14(10-13)18(21)22)17-12-16(20)8-3-1-2-4-9-16/h5-7,10,20H,1-4,8-9,11-12H2,(H,17,19). The Morgan fingerprint density at radius 2 is 1.95 bits per heavy atom. The molecule has 1 saturated carbocycles. The number of rotatable bonds is 5. The minimum absolute atomic E-state index is 0.0207. The lowest BCUT2D eigenvalue weighted by Crippen LogP contribution is -2.43. The molecule has 2 rings (SSSR count). The van der Waals surface area contributed by atoms with Gasteiger partial charge in [0.25, 0.3) is 5.69 Å². The van der Waals surface area contributed by atoms with E-state index in [1.54, 1.807) is 12.1 Å². The zero-order valence-electron chi connectivity index (χ0n) is 12.6. The van der Waals surface area contributed by atoms with Gasteiger partial charge in [0.05, 0.1) is 16.9 Å². The van der Waals surface area contributed by atoms with Crippen molar-refractivity contribution in [1.29, 1.82) is 0 Å². The van der Waals surface area contributed by atoms with Crippen LogP contribution in [0.25, 0.3) is 0 Å². The summed E-state index contributed by atoms with van der Waals surface area (Å²) in [5.74, 6) is -0.224. The number of benzene rings is 1. The lowest BCUT2D eigenvalue weighted by molar-refractivity contribution is -0.384. The van der Waals surface area contributed by atoms with Crippen LogP contribution in [0.4, 0.5) is 5.69 Å². The number of carbonyl (C=O) groups is 1. The number of nitrogens with zero attached hydrogens (tertiary/aromatic N) is 1. The first-order valence-electron chi connectivity index (χ1n) is 7.71. The zero-order valence-corrected chi connectivity index (χ0v) is 12.6. The molecule has 0 radical (unpaired) electrons. The van der Waals surface area contributed by atoms with Crippen LogP contribution in [0.1, 0.15) is 44.1 Å². The van der Waals surface area contributed by atoms with Gasteiger partial charge < -0.3 is 10.4 Å². The Balaban J connectivity index is 1.87. The first kappa shape index (κ1) is 16.4. The van der Waals surface area contributed by atoms with Crippen LogP contribution in [-0.4, -0.2) is 28.1 Å². The molecule has 1 aliphatic carbocycles. The molecule has 1 aromatic rings. The zero-order chi connectivity index (χ0) is 16.0. The third-order valence-electron chi connectivity index (χ3n) is 4.13. The Hall–Kier alpha value is -1.95. The lowest BCUT2D eigenvalue weighted by atomic mass is 9.94. The van der Waals surface area contributed by atoms with Crippen molar-refractivity contribution in [2.45, 2.75) is 50.5 Å². The molecule has 0 unspecified atom stereocenters. The van der Waals surface area contributed by atoms with Gasteiger partial charge in [-0.05, 0) is 18.4 Å². The van der Waals surface area contributed by atoms with Gasteiger partial charge in [0.1, 0.15) is 0 Å². The van der Waals surface area contributed by atoms with Crippen LogP contribution in [0, 0.1) is 10.1 Å². The van der Waals surface area contributed by atoms with Gasteiger partial charge in [-0.3, -0.25) is 14.9 Å². The summed E-state index contributed by atoms with van der Waals surface area (Å²) in [4.78, 5) is 22.2. The van der Waals surface area contributed by atoms with Gasteiger partial charge in [0, 0.05) is 18.7 Å². The van der Waals surface area contributed by atoms with E-state index >= 15 is 0 Å². The van der Waals surface area contributed by atoms with Crippen LogP contribution in [0.5, 0.6) is 0 Å².